The Morgan fingerprint density at radius 2 is 1.92 bits per heavy atom. The van der Waals surface area contributed by atoms with Gasteiger partial charge in [-0.3, -0.25) is 4.79 Å². The molecule has 1 aliphatic heterocycles. The van der Waals surface area contributed by atoms with E-state index in [2.05, 4.69) is 22.7 Å². The van der Waals surface area contributed by atoms with E-state index in [0.717, 1.165) is 33.7 Å². The Bertz CT molecular complexity index is 1640. The van der Waals surface area contributed by atoms with Crippen molar-refractivity contribution in [1.29, 1.82) is 0 Å². The lowest BCUT2D eigenvalue weighted by Crippen LogP contribution is -2.29. The van der Waals surface area contributed by atoms with E-state index in [-0.39, 0.29) is 23.9 Å². The van der Waals surface area contributed by atoms with Gasteiger partial charge in [0.15, 0.2) is 5.43 Å². The van der Waals surface area contributed by atoms with Crippen LogP contribution >= 0.6 is 35.1 Å². The molecule has 0 aliphatic carbocycles. The third kappa shape index (κ3) is 5.46. The maximum Gasteiger partial charge on any atom is 0.493 e. The van der Waals surface area contributed by atoms with E-state index >= 15 is 0 Å². The number of halogens is 2. The zero-order chi connectivity index (χ0) is 28.0. The minimum atomic E-state index is -1.02. The lowest BCUT2D eigenvalue weighted by Gasteiger charge is -2.18. The highest BCUT2D eigenvalue weighted by Crippen LogP contribution is 2.35. The van der Waals surface area contributed by atoms with Gasteiger partial charge in [0.1, 0.15) is 16.5 Å². The van der Waals surface area contributed by atoms with Crippen molar-refractivity contribution in [1.82, 2.24) is 4.98 Å². The molecule has 2 aromatic heterocycles. The topological polar surface area (TPSA) is 84.6 Å². The summed E-state index contributed by atoms with van der Waals surface area (Å²) in [5.74, 6) is 1.65. The van der Waals surface area contributed by atoms with Crippen LogP contribution in [-0.2, 0) is 11.3 Å². The summed E-state index contributed by atoms with van der Waals surface area (Å²) in [4.78, 5) is 17.7. The number of aromatic nitrogens is 1. The molecule has 0 saturated heterocycles. The maximum absolute atomic E-state index is 13.2. The molecule has 5 rings (SSSR count). The molecule has 202 valence electrons. The van der Waals surface area contributed by atoms with Crippen molar-refractivity contribution in [2.75, 3.05) is 10.5 Å². The molecule has 1 aliphatic rings. The largest absolute Gasteiger partial charge is 0.493 e. The van der Waals surface area contributed by atoms with E-state index in [9.17, 15) is 9.82 Å². The van der Waals surface area contributed by atoms with E-state index in [1.807, 2.05) is 45.9 Å². The second-order valence-electron chi connectivity index (χ2n) is 10.3. The van der Waals surface area contributed by atoms with E-state index < -0.39 is 7.12 Å². The molecule has 39 heavy (non-hydrogen) atoms. The van der Waals surface area contributed by atoms with Crippen molar-refractivity contribution in [3.05, 3.63) is 84.8 Å². The quantitative estimate of drug-likeness (QED) is 0.138. The van der Waals surface area contributed by atoms with Crippen LogP contribution in [0.4, 0.5) is 5.69 Å². The molecule has 0 bridgehead atoms. The molecule has 0 spiro atoms. The lowest BCUT2D eigenvalue weighted by molar-refractivity contribution is 0.275. The van der Waals surface area contributed by atoms with Crippen LogP contribution < -0.4 is 15.6 Å². The second-order valence-corrected chi connectivity index (χ2v) is 12.0. The van der Waals surface area contributed by atoms with Crippen molar-refractivity contribution in [2.24, 2.45) is 0 Å². The number of nitrogens with one attached hydrogen (secondary N) is 1. The van der Waals surface area contributed by atoms with Crippen LogP contribution in [0.5, 0.6) is 0 Å². The molecule has 0 fully saturated rings. The van der Waals surface area contributed by atoms with Crippen molar-refractivity contribution < 1.29 is 14.1 Å². The Morgan fingerprint density at radius 1 is 1.15 bits per heavy atom. The van der Waals surface area contributed by atoms with Crippen LogP contribution in [-0.4, -0.2) is 22.9 Å². The predicted octanol–water partition coefficient (Wildman–Crippen LogP) is 6.98. The Morgan fingerprint density at radius 3 is 2.67 bits per heavy atom. The van der Waals surface area contributed by atoms with Gasteiger partial charge >= 0.3 is 7.12 Å². The highest BCUT2D eigenvalue weighted by Gasteiger charge is 2.31. The molecule has 0 saturated carbocycles. The summed E-state index contributed by atoms with van der Waals surface area (Å²) in [5, 5.41) is 11.5. The molecule has 0 amide bonds. The molecule has 10 heteroatoms. The molecule has 4 aromatic rings. The Labute approximate surface area is 242 Å². The summed E-state index contributed by atoms with van der Waals surface area (Å²) in [6.45, 7) is 10.3. The van der Waals surface area contributed by atoms with Gasteiger partial charge in [-0.25, -0.2) is 4.98 Å². The summed E-state index contributed by atoms with van der Waals surface area (Å²) in [6.07, 6.45) is 0. The van der Waals surface area contributed by atoms with Crippen molar-refractivity contribution in [2.45, 2.75) is 53.1 Å². The number of fused-ring (bicyclic) bond motifs is 2. The minimum absolute atomic E-state index is 0.0330. The SMILES string of the molecule is Cc1cc([C@H](C)CSNc2ccc(Cl)nc2-c2cc(Cl)c3c(c2)COB3O)c2oc(C(C)C)c(C)c(=O)c2c1. The number of hydrogen-bond donors (Lipinski definition) is 2. The summed E-state index contributed by atoms with van der Waals surface area (Å²) >= 11 is 14.3. The third-order valence-electron chi connectivity index (χ3n) is 6.99. The van der Waals surface area contributed by atoms with Gasteiger partial charge in [-0.2, -0.15) is 0 Å². The number of benzene rings is 2. The zero-order valence-corrected chi connectivity index (χ0v) is 24.7. The first-order valence-corrected chi connectivity index (χ1v) is 14.5. The molecule has 3 heterocycles. The fraction of sp³-hybridized carbons (Fsp3) is 0.310. The first kappa shape index (κ1) is 28.1. The molecule has 2 N–H and O–H groups in total. The van der Waals surface area contributed by atoms with Gasteiger partial charge in [-0.15, -0.1) is 0 Å². The van der Waals surface area contributed by atoms with E-state index in [0.29, 0.717) is 43.6 Å². The van der Waals surface area contributed by atoms with Crippen LogP contribution in [0, 0.1) is 13.8 Å². The molecular formula is C29H29BCl2N2O4S. The normalized spacial score (nSPS) is 13.8. The molecule has 6 nitrogen and oxygen atoms in total. The van der Waals surface area contributed by atoms with Gasteiger partial charge in [0.2, 0.25) is 0 Å². The summed E-state index contributed by atoms with van der Waals surface area (Å²) < 4.78 is 15.1. The maximum atomic E-state index is 13.2. The van der Waals surface area contributed by atoms with Crippen molar-refractivity contribution in [3.63, 3.8) is 0 Å². The summed E-state index contributed by atoms with van der Waals surface area (Å²) in [6, 6.07) is 11.3. The van der Waals surface area contributed by atoms with Crippen LogP contribution in [0.25, 0.3) is 22.2 Å². The Balaban J connectivity index is 1.42. The second kappa shape index (κ2) is 11.2. The summed E-state index contributed by atoms with van der Waals surface area (Å²) in [5.41, 5.74) is 7.03. The molecule has 2 aromatic carbocycles. The highest BCUT2D eigenvalue weighted by atomic mass is 35.5. The van der Waals surface area contributed by atoms with Crippen LogP contribution in [0.3, 0.4) is 0 Å². The summed E-state index contributed by atoms with van der Waals surface area (Å²) in [7, 11) is -1.02. The number of rotatable bonds is 7. The first-order valence-electron chi connectivity index (χ1n) is 12.8. The fourth-order valence-corrected chi connectivity index (χ4v) is 6.35. The smallest absolute Gasteiger partial charge is 0.460 e. The Kier molecular flexibility index (Phi) is 8.04. The standard InChI is InChI=1S/C29H29BCl2N2O4S/c1-14(2)28-17(5)27(35)21-9-15(3)8-20(29(21)38-28)16(4)13-39-34-23-6-7-24(32)33-26(23)18-10-19-12-37-30(36)25(19)22(31)11-18/h6-11,14,16,34,36H,12-13H2,1-5H3/t16-/m1/s1. The van der Waals surface area contributed by atoms with Gasteiger partial charge in [0, 0.05) is 33.3 Å². The van der Waals surface area contributed by atoms with E-state index in [4.69, 9.17) is 32.3 Å². The van der Waals surface area contributed by atoms with E-state index in [1.165, 1.54) is 11.9 Å². The molecule has 1 atom stereocenters. The van der Waals surface area contributed by atoms with Gasteiger partial charge in [0.05, 0.1) is 23.4 Å². The average Bonchev–Trinajstić information content (AvgIpc) is 3.27. The molecular weight excluding hydrogens is 554 g/mol. The van der Waals surface area contributed by atoms with Gasteiger partial charge in [-0.1, -0.05) is 62.0 Å². The van der Waals surface area contributed by atoms with Gasteiger partial charge < -0.3 is 18.8 Å². The number of hydrogen-bond acceptors (Lipinski definition) is 7. The highest BCUT2D eigenvalue weighted by molar-refractivity contribution is 8.00. The predicted molar refractivity (Wildman–Crippen MR) is 163 cm³/mol. The zero-order valence-electron chi connectivity index (χ0n) is 22.4. The van der Waals surface area contributed by atoms with E-state index in [1.54, 1.807) is 12.1 Å². The number of nitrogens with zero attached hydrogens (tertiary/aromatic N) is 1. The average molecular weight is 583 g/mol. The first-order chi connectivity index (χ1) is 18.5. The lowest BCUT2D eigenvalue weighted by atomic mass is 9.79. The monoisotopic (exact) mass is 582 g/mol. The van der Waals surface area contributed by atoms with Crippen molar-refractivity contribution in [3.8, 4) is 11.3 Å². The van der Waals surface area contributed by atoms with Crippen LogP contribution in [0.2, 0.25) is 10.2 Å². The van der Waals surface area contributed by atoms with Gasteiger partial charge in [0.25, 0.3) is 0 Å². The van der Waals surface area contributed by atoms with Crippen molar-refractivity contribution >= 4 is 64.4 Å². The van der Waals surface area contributed by atoms with Crippen LogP contribution in [0.1, 0.15) is 60.6 Å². The number of pyridine rings is 1. The van der Waals surface area contributed by atoms with Crippen LogP contribution in [0.15, 0.2) is 45.6 Å². The van der Waals surface area contributed by atoms with Gasteiger partial charge in [-0.05, 0) is 66.8 Å². The number of aryl methyl sites for hydroxylation is 1. The minimum Gasteiger partial charge on any atom is -0.460 e. The molecule has 0 radical (unpaired) electrons. The third-order valence-corrected chi connectivity index (χ3v) is 8.55. The Hall–Kier alpha value is -2.49. The number of anilines is 1. The molecule has 0 unspecified atom stereocenters. The fourth-order valence-electron chi connectivity index (χ4n) is 5.03.